The molecule has 1 aromatic heterocycles. The number of rotatable bonds is 10. The summed E-state index contributed by atoms with van der Waals surface area (Å²) in [5.74, 6) is 0. The van der Waals surface area contributed by atoms with Gasteiger partial charge in [0.25, 0.3) is 0 Å². The largest absolute Gasteiger partial charge is 0.330 e. The van der Waals surface area contributed by atoms with Crippen LogP contribution >= 0.6 is 0 Å². The Kier molecular flexibility index (Phi) is 9.10. The van der Waals surface area contributed by atoms with Crippen molar-refractivity contribution in [1.82, 2.24) is 9.88 Å². The van der Waals surface area contributed by atoms with E-state index in [1.807, 2.05) is 44.5 Å². The first-order chi connectivity index (χ1) is 11.1. The van der Waals surface area contributed by atoms with Crippen LogP contribution in [0.1, 0.15) is 45.3 Å². The number of nitrogens with two attached hydrogens (primary N) is 1. The molecular formula is C19H30N4. The minimum absolute atomic E-state index is 0.226. The predicted octanol–water partition coefficient (Wildman–Crippen LogP) is 3.73. The number of unbranched alkanes of at least 4 members (excludes halogenated alkanes) is 1. The first-order valence-electron chi connectivity index (χ1n) is 8.29. The van der Waals surface area contributed by atoms with Crippen LogP contribution in [0.2, 0.25) is 0 Å². The molecule has 0 aliphatic heterocycles. The molecule has 1 unspecified atom stereocenters. The Morgan fingerprint density at radius 3 is 2.78 bits per heavy atom. The van der Waals surface area contributed by atoms with Crippen molar-refractivity contribution in [2.24, 2.45) is 10.7 Å². The summed E-state index contributed by atoms with van der Waals surface area (Å²) in [4.78, 5) is 11.4. The molecule has 0 amide bonds. The second-order valence-corrected chi connectivity index (χ2v) is 5.74. The van der Waals surface area contributed by atoms with Crippen molar-refractivity contribution in [2.45, 2.75) is 39.7 Å². The van der Waals surface area contributed by atoms with Crippen LogP contribution in [0.15, 0.2) is 53.8 Å². The maximum absolute atomic E-state index is 5.64. The molecule has 0 aliphatic carbocycles. The van der Waals surface area contributed by atoms with E-state index in [1.54, 1.807) is 0 Å². The molecule has 0 saturated heterocycles. The molecule has 2 N–H and O–H groups in total. The van der Waals surface area contributed by atoms with Crippen LogP contribution in [0.5, 0.6) is 0 Å². The highest BCUT2D eigenvalue weighted by molar-refractivity contribution is 6.01. The Hall–Kier alpha value is -1.78. The molecular weight excluding hydrogens is 284 g/mol. The molecule has 1 rings (SSSR count). The summed E-state index contributed by atoms with van der Waals surface area (Å²) in [5.41, 5.74) is 8.73. The third kappa shape index (κ3) is 6.89. The van der Waals surface area contributed by atoms with Gasteiger partial charge in [-0.25, -0.2) is 0 Å². The van der Waals surface area contributed by atoms with Crippen LogP contribution in [0.4, 0.5) is 0 Å². The number of aromatic nitrogens is 1. The van der Waals surface area contributed by atoms with E-state index in [9.17, 15) is 0 Å². The van der Waals surface area contributed by atoms with Crippen molar-refractivity contribution in [3.8, 4) is 0 Å². The van der Waals surface area contributed by atoms with E-state index in [1.165, 1.54) is 0 Å². The number of allylic oxidation sites excluding steroid dienone is 1. The molecule has 4 heteroatoms. The van der Waals surface area contributed by atoms with Gasteiger partial charge in [0.2, 0.25) is 0 Å². The highest BCUT2D eigenvalue weighted by atomic mass is 15.2. The number of aliphatic imine (C=N–C) groups is 1. The topological polar surface area (TPSA) is 54.5 Å². The third-order valence-corrected chi connectivity index (χ3v) is 3.79. The fourth-order valence-electron chi connectivity index (χ4n) is 2.32. The SMILES string of the molecule is C=C(C)/C(CN(CCCCN)C(C)c1ccccn1)=N\C=C/C. The molecule has 0 fully saturated rings. The van der Waals surface area contributed by atoms with Crippen LogP contribution in [0.25, 0.3) is 0 Å². The number of hydrogen-bond acceptors (Lipinski definition) is 4. The fourth-order valence-corrected chi connectivity index (χ4v) is 2.32. The van der Waals surface area contributed by atoms with Crippen LogP contribution in [-0.4, -0.2) is 35.2 Å². The number of pyridine rings is 1. The molecule has 1 atom stereocenters. The van der Waals surface area contributed by atoms with Gasteiger partial charge in [-0.1, -0.05) is 18.7 Å². The molecule has 4 nitrogen and oxygen atoms in total. The van der Waals surface area contributed by atoms with Crippen molar-refractivity contribution in [1.29, 1.82) is 0 Å². The Bertz CT molecular complexity index is 519. The average Bonchev–Trinajstić information content (AvgIpc) is 2.57. The van der Waals surface area contributed by atoms with E-state index in [-0.39, 0.29) is 6.04 Å². The van der Waals surface area contributed by atoms with Crippen molar-refractivity contribution in [3.05, 3.63) is 54.5 Å². The maximum Gasteiger partial charge on any atom is 0.0572 e. The van der Waals surface area contributed by atoms with E-state index in [2.05, 4.69) is 34.4 Å². The van der Waals surface area contributed by atoms with Crippen LogP contribution < -0.4 is 5.73 Å². The second kappa shape index (κ2) is 10.9. The van der Waals surface area contributed by atoms with Crippen molar-refractivity contribution >= 4 is 5.71 Å². The van der Waals surface area contributed by atoms with Gasteiger partial charge in [-0.15, -0.1) is 0 Å². The van der Waals surface area contributed by atoms with Crippen molar-refractivity contribution in [2.75, 3.05) is 19.6 Å². The normalized spacial score (nSPS) is 13.7. The van der Waals surface area contributed by atoms with Gasteiger partial charge in [-0.05, 0) is 64.4 Å². The number of hydrogen-bond donors (Lipinski definition) is 1. The molecule has 0 spiro atoms. The molecule has 1 aromatic rings. The van der Waals surface area contributed by atoms with Gasteiger partial charge < -0.3 is 5.73 Å². The lowest BCUT2D eigenvalue weighted by molar-refractivity contribution is 0.233. The van der Waals surface area contributed by atoms with E-state index in [0.29, 0.717) is 0 Å². The first-order valence-corrected chi connectivity index (χ1v) is 8.29. The zero-order valence-electron chi connectivity index (χ0n) is 14.7. The van der Waals surface area contributed by atoms with E-state index in [4.69, 9.17) is 5.73 Å². The zero-order valence-corrected chi connectivity index (χ0v) is 14.7. The second-order valence-electron chi connectivity index (χ2n) is 5.74. The standard InChI is InChI=1S/C19H30N4/c1-5-12-21-19(16(2)3)15-23(14-9-7-11-20)17(4)18-10-6-8-13-22-18/h5-6,8,10,12-13,17H,2,7,9,11,14-15,20H2,1,3-4H3/b12-5-,21-19-. The molecule has 0 aliphatic rings. The summed E-state index contributed by atoms with van der Waals surface area (Å²) in [6.45, 7) is 12.7. The molecule has 23 heavy (non-hydrogen) atoms. The van der Waals surface area contributed by atoms with Gasteiger partial charge in [0, 0.05) is 25.0 Å². The van der Waals surface area contributed by atoms with E-state index in [0.717, 1.165) is 49.5 Å². The van der Waals surface area contributed by atoms with Gasteiger partial charge in [0.05, 0.1) is 11.4 Å². The van der Waals surface area contributed by atoms with Gasteiger partial charge in [0.1, 0.15) is 0 Å². The van der Waals surface area contributed by atoms with Gasteiger partial charge in [0.15, 0.2) is 0 Å². The lowest BCUT2D eigenvalue weighted by Crippen LogP contribution is -2.34. The number of nitrogens with zero attached hydrogens (tertiary/aromatic N) is 3. The zero-order chi connectivity index (χ0) is 17.1. The minimum atomic E-state index is 0.226. The Morgan fingerprint density at radius 2 is 2.22 bits per heavy atom. The first kappa shape index (κ1) is 19.3. The summed E-state index contributed by atoms with van der Waals surface area (Å²) in [7, 11) is 0. The summed E-state index contributed by atoms with van der Waals surface area (Å²) >= 11 is 0. The maximum atomic E-state index is 5.64. The predicted molar refractivity (Wildman–Crippen MR) is 99.6 cm³/mol. The molecule has 0 bridgehead atoms. The van der Waals surface area contributed by atoms with Crippen LogP contribution in [0, 0.1) is 0 Å². The van der Waals surface area contributed by atoms with Crippen molar-refractivity contribution < 1.29 is 0 Å². The summed E-state index contributed by atoms with van der Waals surface area (Å²) in [5, 5.41) is 0. The van der Waals surface area contributed by atoms with Crippen molar-refractivity contribution in [3.63, 3.8) is 0 Å². The fraction of sp³-hybridized carbons (Fsp3) is 0.474. The summed E-state index contributed by atoms with van der Waals surface area (Å²) < 4.78 is 0. The average molecular weight is 314 g/mol. The van der Waals surface area contributed by atoms with Gasteiger partial charge in [-0.3, -0.25) is 14.9 Å². The molecule has 1 heterocycles. The quantitative estimate of drug-likeness (QED) is 0.529. The summed E-state index contributed by atoms with van der Waals surface area (Å²) in [6, 6.07) is 6.28. The molecule has 0 aromatic carbocycles. The lowest BCUT2D eigenvalue weighted by Gasteiger charge is -2.29. The smallest absolute Gasteiger partial charge is 0.0572 e. The molecule has 126 valence electrons. The Morgan fingerprint density at radius 1 is 1.43 bits per heavy atom. The lowest BCUT2D eigenvalue weighted by atomic mass is 10.1. The summed E-state index contributed by atoms with van der Waals surface area (Å²) in [6.07, 6.45) is 7.70. The highest BCUT2D eigenvalue weighted by Gasteiger charge is 2.18. The highest BCUT2D eigenvalue weighted by Crippen LogP contribution is 2.19. The molecule has 0 saturated carbocycles. The molecule has 0 radical (unpaired) electrons. The van der Waals surface area contributed by atoms with Crippen LogP contribution in [0.3, 0.4) is 0 Å². The van der Waals surface area contributed by atoms with E-state index >= 15 is 0 Å². The third-order valence-electron chi connectivity index (χ3n) is 3.79. The van der Waals surface area contributed by atoms with Crippen LogP contribution in [-0.2, 0) is 0 Å². The minimum Gasteiger partial charge on any atom is -0.330 e. The van der Waals surface area contributed by atoms with Gasteiger partial charge >= 0.3 is 0 Å². The Labute approximate surface area is 140 Å². The Balaban J connectivity index is 2.92. The van der Waals surface area contributed by atoms with E-state index < -0.39 is 0 Å². The monoisotopic (exact) mass is 314 g/mol. The van der Waals surface area contributed by atoms with Gasteiger partial charge in [-0.2, -0.15) is 0 Å².